The minimum Gasteiger partial charge on any atom is -0.374 e. The number of hydrogen-bond donors (Lipinski definition) is 0. The van der Waals surface area contributed by atoms with E-state index in [2.05, 4.69) is 4.90 Å². The fraction of sp³-hybridized carbons (Fsp3) is 1.00. The van der Waals surface area contributed by atoms with Crippen molar-refractivity contribution < 1.29 is 9.47 Å². The molecule has 0 spiro atoms. The first kappa shape index (κ1) is 24.7. The fourth-order valence-corrected chi connectivity index (χ4v) is 12.2. The van der Waals surface area contributed by atoms with Crippen molar-refractivity contribution in [2.45, 2.75) is 177 Å². The topological polar surface area (TPSA) is 21.7 Å². The van der Waals surface area contributed by atoms with E-state index in [0.29, 0.717) is 30.5 Å². The van der Waals surface area contributed by atoms with Crippen LogP contribution in [0.15, 0.2) is 0 Å². The smallest absolute Gasteiger partial charge is 0.0766 e. The summed E-state index contributed by atoms with van der Waals surface area (Å²) in [6.45, 7) is 0. The van der Waals surface area contributed by atoms with Crippen LogP contribution < -0.4 is 0 Å². The summed E-state index contributed by atoms with van der Waals surface area (Å²) in [7, 11) is 0. The molecule has 0 amide bonds. The largest absolute Gasteiger partial charge is 0.374 e. The lowest BCUT2D eigenvalue weighted by atomic mass is 9.64. The van der Waals surface area contributed by atoms with Crippen molar-refractivity contribution in [2.24, 2.45) is 35.5 Å². The number of ether oxygens (including phenoxy) is 2. The highest BCUT2D eigenvalue weighted by Gasteiger charge is 2.60. The van der Waals surface area contributed by atoms with Gasteiger partial charge in [-0.3, -0.25) is 4.90 Å². The molecule has 0 N–H and O–H groups in total. The third kappa shape index (κ3) is 4.30. The minimum atomic E-state index is 0.518. The van der Waals surface area contributed by atoms with Crippen molar-refractivity contribution in [1.29, 1.82) is 0 Å². The molecule has 0 radical (unpaired) electrons. The van der Waals surface area contributed by atoms with Crippen molar-refractivity contribution in [2.75, 3.05) is 0 Å². The molecule has 37 heavy (non-hydrogen) atoms. The van der Waals surface area contributed by atoms with Crippen LogP contribution in [-0.4, -0.2) is 47.4 Å². The summed E-state index contributed by atoms with van der Waals surface area (Å²) in [4.78, 5) is 3.23. The summed E-state index contributed by atoms with van der Waals surface area (Å²) in [6, 6.07) is 2.40. The van der Waals surface area contributed by atoms with E-state index in [1.807, 2.05) is 0 Å². The lowest BCUT2D eigenvalue weighted by Gasteiger charge is -2.52. The maximum atomic E-state index is 7.49. The third-order valence-corrected chi connectivity index (χ3v) is 13.6. The molecule has 12 unspecified atom stereocenters. The van der Waals surface area contributed by atoms with E-state index < -0.39 is 0 Å². The summed E-state index contributed by atoms with van der Waals surface area (Å²) >= 11 is 0. The van der Waals surface area contributed by atoms with Crippen LogP contribution in [0.5, 0.6) is 0 Å². The van der Waals surface area contributed by atoms with Gasteiger partial charge in [-0.2, -0.15) is 0 Å². The van der Waals surface area contributed by atoms with E-state index in [-0.39, 0.29) is 0 Å². The standard InChI is InChI=1S/C34H55NO2/c1-2-11-24(12-3-1)35(25-18-17-22-9-4-5-10-23(22)21-25)29-15-8-14-26-27-19-20-31-32(34(27)37-33(26)29)28-13-6-7-16-30(28)36-31/h22-34H,1-21H2. The zero-order chi connectivity index (χ0) is 24.3. The van der Waals surface area contributed by atoms with E-state index in [0.717, 1.165) is 47.6 Å². The fourth-order valence-electron chi connectivity index (χ4n) is 12.2. The molecule has 12 atom stereocenters. The lowest BCUT2D eigenvalue weighted by molar-refractivity contribution is -0.105. The van der Waals surface area contributed by atoms with Crippen molar-refractivity contribution >= 4 is 0 Å². The quantitative estimate of drug-likeness (QED) is 0.386. The van der Waals surface area contributed by atoms with Gasteiger partial charge in [0.05, 0.1) is 24.4 Å². The summed E-state index contributed by atoms with van der Waals surface area (Å²) in [5.41, 5.74) is 0. The molecule has 0 aromatic rings. The van der Waals surface area contributed by atoms with Gasteiger partial charge in [-0.15, -0.1) is 0 Å². The average Bonchev–Trinajstić information content (AvgIpc) is 3.52. The highest BCUT2D eigenvalue weighted by Crippen LogP contribution is 2.57. The van der Waals surface area contributed by atoms with Gasteiger partial charge in [0.25, 0.3) is 0 Å². The predicted molar refractivity (Wildman–Crippen MR) is 148 cm³/mol. The number of nitrogens with zero attached hydrogens (tertiary/aromatic N) is 1. The van der Waals surface area contributed by atoms with E-state index in [1.54, 1.807) is 0 Å². The number of hydrogen-bond acceptors (Lipinski definition) is 3. The van der Waals surface area contributed by atoms with E-state index in [4.69, 9.17) is 9.47 Å². The Bertz CT molecular complexity index is 795. The van der Waals surface area contributed by atoms with Crippen LogP contribution >= 0.6 is 0 Å². The molecule has 2 aliphatic heterocycles. The summed E-state index contributed by atoms with van der Waals surface area (Å²) in [6.07, 6.45) is 32.7. The maximum absolute atomic E-state index is 7.49. The molecule has 0 aromatic carbocycles. The normalized spacial score (nSPS) is 52.1. The highest BCUT2D eigenvalue weighted by atomic mass is 16.5. The molecule has 3 nitrogen and oxygen atoms in total. The third-order valence-electron chi connectivity index (χ3n) is 13.6. The zero-order valence-corrected chi connectivity index (χ0v) is 23.6. The van der Waals surface area contributed by atoms with Crippen LogP contribution in [0, 0.1) is 35.5 Å². The first-order chi connectivity index (χ1) is 18.3. The van der Waals surface area contributed by atoms with Gasteiger partial charge in [-0.05, 0) is 100 Å². The molecule has 6 aliphatic carbocycles. The molecule has 3 heteroatoms. The second-order valence-corrected chi connectivity index (χ2v) is 15.2. The molecular weight excluding hydrogens is 454 g/mol. The molecule has 8 rings (SSSR count). The Morgan fingerprint density at radius 3 is 2.11 bits per heavy atom. The van der Waals surface area contributed by atoms with Crippen LogP contribution in [0.2, 0.25) is 0 Å². The minimum absolute atomic E-state index is 0.518. The molecule has 0 aromatic heterocycles. The Kier molecular flexibility index (Phi) is 6.91. The van der Waals surface area contributed by atoms with Crippen molar-refractivity contribution in [3.05, 3.63) is 0 Å². The van der Waals surface area contributed by atoms with Gasteiger partial charge in [0, 0.05) is 24.0 Å². The SMILES string of the molecule is C1CCC(N(C2CCC3CCCCC3C2)C2CCCC3C4CCC5OC6CCCCC6C5C4OC32)CC1. The summed E-state index contributed by atoms with van der Waals surface area (Å²) in [5, 5.41) is 0. The number of fused-ring (bicyclic) bond motifs is 8. The molecular formula is C34H55NO2. The molecule has 6 saturated carbocycles. The van der Waals surface area contributed by atoms with E-state index >= 15 is 0 Å². The van der Waals surface area contributed by atoms with Crippen molar-refractivity contribution in [1.82, 2.24) is 4.90 Å². The van der Waals surface area contributed by atoms with Gasteiger partial charge in [-0.1, -0.05) is 64.2 Å². The van der Waals surface area contributed by atoms with Crippen LogP contribution in [0.1, 0.15) is 135 Å². The van der Waals surface area contributed by atoms with Gasteiger partial charge in [0.15, 0.2) is 0 Å². The summed E-state index contributed by atoms with van der Waals surface area (Å²) in [5.74, 6) is 5.29. The highest BCUT2D eigenvalue weighted by molar-refractivity contribution is 5.09. The van der Waals surface area contributed by atoms with Crippen LogP contribution in [-0.2, 0) is 9.47 Å². The molecule has 2 heterocycles. The molecule has 2 saturated heterocycles. The van der Waals surface area contributed by atoms with Gasteiger partial charge in [0.1, 0.15) is 0 Å². The van der Waals surface area contributed by atoms with Gasteiger partial charge in [-0.25, -0.2) is 0 Å². The Morgan fingerprint density at radius 2 is 1.19 bits per heavy atom. The summed E-state index contributed by atoms with van der Waals surface area (Å²) < 4.78 is 14.2. The Hall–Kier alpha value is -0.120. The molecule has 0 bridgehead atoms. The van der Waals surface area contributed by atoms with E-state index in [9.17, 15) is 0 Å². The van der Waals surface area contributed by atoms with Crippen LogP contribution in [0.3, 0.4) is 0 Å². The van der Waals surface area contributed by atoms with Gasteiger partial charge >= 0.3 is 0 Å². The first-order valence-corrected chi connectivity index (χ1v) is 17.4. The predicted octanol–water partition coefficient (Wildman–Crippen LogP) is 7.90. The molecule has 208 valence electrons. The van der Waals surface area contributed by atoms with E-state index in [1.165, 1.54) is 135 Å². The first-order valence-electron chi connectivity index (χ1n) is 17.4. The second kappa shape index (κ2) is 10.4. The molecule has 8 fully saturated rings. The average molecular weight is 510 g/mol. The van der Waals surface area contributed by atoms with Gasteiger partial charge < -0.3 is 9.47 Å². The maximum Gasteiger partial charge on any atom is 0.0766 e. The Labute approximate surface area is 227 Å². The Morgan fingerprint density at radius 1 is 0.432 bits per heavy atom. The molecule has 8 aliphatic rings. The Balaban J connectivity index is 1.07. The van der Waals surface area contributed by atoms with Gasteiger partial charge in [0.2, 0.25) is 0 Å². The van der Waals surface area contributed by atoms with Crippen LogP contribution in [0.4, 0.5) is 0 Å². The number of rotatable bonds is 3. The lowest BCUT2D eigenvalue weighted by Crippen LogP contribution is -2.58. The van der Waals surface area contributed by atoms with Crippen molar-refractivity contribution in [3.63, 3.8) is 0 Å². The zero-order valence-electron chi connectivity index (χ0n) is 23.6. The monoisotopic (exact) mass is 509 g/mol. The van der Waals surface area contributed by atoms with Crippen molar-refractivity contribution in [3.8, 4) is 0 Å². The second-order valence-electron chi connectivity index (χ2n) is 15.2. The van der Waals surface area contributed by atoms with Crippen LogP contribution in [0.25, 0.3) is 0 Å².